The number of hydrogen-bond acceptors (Lipinski definition) is 2. The van der Waals surface area contributed by atoms with Crippen molar-refractivity contribution in [2.75, 3.05) is 19.7 Å². The molecule has 1 fully saturated rings. The van der Waals surface area contributed by atoms with E-state index in [-0.39, 0.29) is 17.9 Å². The molecular formula is C15H21NO2. The van der Waals surface area contributed by atoms with Gasteiger partial charge in [-0.05, 0) is 18.9 Å². The van der Waals surface area contributed by atoms with Crippen molar-refractivity contribution in [1.82, 2.24) is 4.90 Å². The van der Waals surface area contributed by atoms with E-state index >= 15 is 0 Å². The predicted molar refractivity (Wildman–Crippen MR) is 71.3 cm³/mol. The average Bonchev–Trinajstić information content (AvgIpc) is 2.39. The highest BCUT2D eigenvalue weighted by atomic mass is 16.5. The second kappa shape index (κ2) is 6.01. The molecule has 1 aromatic rings. The SMILES string of the molecule is CC1CN(C(=O)C(C)Cc2ccccc2)CCO1. The summed E-state index contributed by atoms with van der Waals surface area (Å²) in [7, 11) is 0. The van der Waals surface area contributed by atoms with Gasteiger partial charge in [0.25, 0.3) is 0 Å². The molecule has 0 spiro atoms. The third-order valence-electron chi connectivity index (χ3n) is 3.36. The van der Waals surface area contributed by atoms with Crippen LogP contribution in [0, 0.1) is 5.92 Å². The molecule has 0 saturated carbocycles. The van der Waals surface area contributed by atoms with Crippen LogP contribution in [0.2, 0.25) is 0 Å². The van der Waals surface area contributed by atoms with Crippen LogP contribution in [0.4, 0.5) is 0 Å². The number of hydrogen-bond donors (Lipinski definition) is 0. The maximum Gasteiger partial charge on any atom is 0.225 e. The van der Waals surface area contributed by atoms with Gasteiger partial charge in [-0.3, -0.25) is 4.79 Å². The smallest absolute Gasteiger partial charge is 0.225 e. The molecule has 0 aliphatic carbocycles. The first kappa shape index (κ1) is 13.1. The lowest BCUT2D eigenvalue weighted by molar-refractivity contribution is -0.141. The fourth-order valence-corrected chi connectivity index (χ4v) is 2.39. The molecule has 1 aromatic carbocycles. The summed E-state index contributed by atoms with van der Waals surface area (Å²) < 4.78 is 5.46. The highest BCUT2D eigenvalue weighted by Gasteiger charge is 2.25. The minimum absolute atomic E-state index is 0.0395. The summed E-state index contributed by atoms with van der Waals surface area (Å²) in [5.74, 6) is 0.284. The minimum Gasteiger partial charge on any atom is -0.375 e. The lowest BCUT2D eigenvalue weighted by Gasteiger charge is -2.33. The highest BCUT2D eigenvalue weighted by molar-refractivity contribution is 5.78. The Morgan fingerprint density at radius 3 is 2.83 bits per heavy atom. The minimum atomic E-state index is 0.0395. The molecular weight excluding hydrogens is 226 g/mol. The summed E-state index contributed by atoms with van der Waals surface area (Å²) in [6, 6.07) is 10.2. The summed E-state index contributed by atoms with van der Waals surface area (Å²) in [5.41, 5.74) is 1.22. The molecule has 0 aromatic heterocycles. The number of carbonyl (C=O) groups excluding carboxylic acids is 1. The van der Waals surface area contributed by atoms with Crippen molar-refractivity contribution >= 4 is 5.91 Å². The zero-order valence-corrected chi connectivity index (χ0v) is 11.1. The Morgan fingerprint density at radius 1 is 1.44 bits per heavy atom. The van der Waals surface area contributed by atoms with Crippen molar-refractivity contribution < 1.29 is 9.53 Å². The molecule has 2 rings (SSSR count). The zero-order valence-electron chi connectivity index (χ0n) is 11.1. The van der Waals surface area contributed by atoms with E-state index in [1.165, 1.54) is 5.56 Å². The second-order valence-electron chi connectivity index (χ2n) is 5.06. The summed E-state index contributed by atoms with van der Waals surface area (Å²) in [5, 5.41) is 0. The standard InChI is InChI=1S/C15H21NO2/c1-12(10-14-6-4-3-5-7-14)15(17)16-8-9-18-13(2)11-16/h3-7,12-13H,8-11H2,1-2H3. The van der Waals surface area contributed by atoms with Gasteiger partial charge < -0.3 is 9.64 Å². The van der Waals surface area contributed by atoms with Gasteiger partial charge in [-0.15, -0.1) is 0 Å². The lowest BCUT2D eigenvalue weighted by Crippen LogP contribution is -2.46. The van der Waals surface area contributed by atoms with Crippen molar-refractivity contribution in [2.24, 2.45) is 5.92 Å². The molecule has 0 bridgehead atoms. The first-order valence-electron chi connectivity index (χ1n) is 6.61. The Balaban J connectivity index is 1.92. The molecule has 1 aliphatic heterocycles. The largest absolute Gasteiger partial charge is 0.375 e. The van der Waals surface area contributed by atoms with Crippen LogP contribution in [-0.4, -0.2) is 36.6 Å². The number of benzene rings is 1. The summed E-state index contributed by atoms with van der Waals surface area (Å²) in [6.07, 6.45) is 0.970. The number of morpholine rings is 1. The van der Waals surface area contributed by atoms with Crippen LogP contribution in [0.15, 0.2) is 30.3 Å². The van der Waals surface area contributed by atoms with Crippen molar-refractivity contribution in [3.8, 4) is 0 Å². The topological polar surface area (TPSA) is 29.5 Å². The van der Waals surface area contributed by atoms with E-state index < -0.39 is 0 Å². The fourth-order valence-electron chi connectivity index (χ4n) is 2.39. The van der Waals surface area contributed by atoms with E-state index in [4.69, 9.17) is 4.74 Å². The van der Waals surface area contributed by atoms with Gasteiger partial charge in [-0.1, -0.05) is 37.3 Å². The average molecular weight is 247 g/mol. The van der Waals surface area contributed by atoms with Gasteiger partial charge in [0.1, 0.15) is 0 Å². The van der Waals surface area contributed by atoms with Crippen molar-refractivity contribution in [3.63, 3.8) is 0 Å². The van der Waals surface area contributed by atoms with Gasteiger partial charge in [0.2, 0.25) is 5.91 Å². The van der Waals surface area contributed by atoms with E-state index in [0.29, 0.717) is 6.61 Å². The molecule has 2 atom stereocenters. The Morgan fingerprint density at radius 2 is 2.17 bits per heavy atom. The number of nitrogens with zero attached hydrogens (tertiary/aromatic N) is 1. The van der Waals surface area contributed by atoms with Crippen LogP contribution in [0.5, 0.6) is 0 Å². The summed E-state index contributed by atoms with van der Waals surface area (Å²) >= 11 is 0. The molecule has 98 valence electrons. The molecule has 0 radical (unpaired) electrons. The first-order valence-corrected chi connectivity index (χ1v) is 6.61. The number of rotatable bonds is 3. The normalized spacial score (nSPS) is 21.7. The third-order valence-corrected chi connectivity index (χ3v) is 3.36. The van der Waals surface area contributed by atoms with Crippen LogP contribution in [0.1, 0.15) is 19.4 Å². The van der Waals surface area contributed by atoms with Crippen LogP contribution >= 0.6 is 0 Å². The van der Waals surface area contributed by atoms with Gasteiger partial charge in [0, 0.05) is 19.0 Å². The summed E-state index contributed by atoms with van der Waals surface area (Å²) in [4.78, 5) is 14.3. The van der Waals surface area contributed by atoms with Gasteiger partial charge in [-0.2, -0.15) is 0 Å². The molecule has 3 nitrogen and oxygen atoms in total. The fraction of sp³-hybridized carbons (Fsp3) is 0.533. The Bertz CT molecular complexity index is 391. The highest BCUT2D eigenvalue weighted by Crippen LogP contribution is 2.14. The maximum atomic E-state index is 12.3. The number of carbonyl (C=O) groups is 1. The second-order valence-corrected chi connectivity index (χ2v) is 5.06. The molecule has 1 amide bonds. The molecule has 1 heterocycles. The number of ether oxygens (including phenoxy) is 1. The molecule has 18 heavy (non-hydrogen) atoms. The van der Waals surface area contributed by atoms with E-state index in [1.54, 1.807) is 0 Å². The van der Waals surface area contributed by atoms with Crippen molar-refractivity contribution in [3.05, 3.63) is 35.9 Å². The lowest BCUT2D eigenvalue weighted by atomic mass is 9.99. The van der Waals surface area contributed by atoms with E-state index in [9.17, 15) is 4.79 Å². The number of amides is 1. The molecule has 3 heteroatoms. The molecule has 1 saturated heterocycles. The zero-order chi connectivity index (χ0) is 13.0. The van der Waals surface area contributed by atoms with E-state index in [1.807, 2.05) is 36.9 Å². The molecule has 2 unspecified atom stereocenters. The monoisotopic (exact) mass is 247 g/mol. The van der Waals surface area contributed by atoms with Gasteiger partial charge in [-0.25, -0.2) is 0 Å². The Kier molecular flexibility index (Phi) is 4.37. The quantitative estimate of drug-likeness (QED) is 0.818. The molecule has 1 aliphatic rings. The van der Waals surface area contributed by atoms with Crippen LogP contribution < -0.4 is 0 Å². The Hall–Kier alpha value is -1.35. The first-order chi connectivity index (χ1) is 8.66. The van der Waals surface area contributed by atoms with Gasteiger partial charge >= 0.3 is 0 Å². The van der Waals surface area contributed by atoms with Crippen LogP contribution in [0.25, 0.3) is 0 Å². The van der Waals surface area contributed by atoms with Crippen LogP contribution in [-0.2, 0) is 16.0 Å². The summed E-state index contributed by atoms with van der Waals surface area (Å²) in [6.45, 7) is 6.13. The van der Waals surface area contributed by atoms with E-state index in [0.717, 1.165) is 19.5 Å². The van der Waals surface area contributed by atoms with Crippen LogP contribution in [0.3, 0.4) is 0 Å². The van der Waals surface area contributed by atoms with Gasteiger partial charge in [0.15, 0.2) is 0 Å². The van der Waals surface area contributed by atoms with Crippen molar-refractivity contribution in [1.29, 1.82) is 0 Å². The predicted octanol–water partition coefficient (Wildman–Crippen LogP) is 2.11. The maximum absolute atomic E-state index is 12.3. The third kappa shape index (κ3) is 3.33. The van der Waals surface area contributed by atoms with E-state index in [2.05, 4.69) is 12.1 Å². The Labute approximate surface area is 109 Å². The molecule has 0 N–H and O–H groups in total. The van der Waals surface area contributed by atoms with Crippen molar-refractivity contribution in [2.45, 2.75) is 26.4 Å². The van der Waals surface area contributed by atoms with Gasteiger partial charge in [0.05, 0.1) is 12.7 Å².